The van der Waals surface area contributed by atoms with Crippen molar-refractivity contribution in [2.24, 2.45) is 0 Å². The lowest BCUT2D eigenvalue weighted by molar-refractivity contribution is -0.00202. The maximum Gasteiger partial charge on any atom is 0.354 e. The van der Waals surface area contributed by atoms with E-state index >= 15 is 0 Å². The molecule has 0 amide bonds. The van der Waals surface area contributed by atoms with E-state index < -0.39 is 5.97 Å². The Morgan fingerprint density at radius 1 is 0.878 bits per heavy atom. The quantitative estimate of drug-likeness (QED) is 0.422. The van der Waals surface area contributed by atoms with Crippen molar-refractivity contribution in [1.82, 2.24) is 19.8 Å². The van der Waals surface area contributed by atoms with Gasteiger partial charge in [0.1, 0.15) is 5.69 Å². The van der Waals surface area contributed by atoms with E-state index in [1.54, 1.807) is 6.07 Å². The minimum atomic E-state index is -1.03. The Kier molecular flexibility index (Phi) is 16.4. The molecule has 1 aliphatic heterocycles. The molecule has 1 unspecified atom stereocenters. The Labute approximate surface area is 243 Å². The largest absolute Gasteiger partial charge is 0.477 e. The van der Waals surface area contributed by atoms with Crippen LogP contribution in [-0.4, -0.2) is 123 Å². The molecular formula is C30H46N4O7. The lowest BCUT2D eigenvalue weighted by Crippen LogP contribution is -2.36. The smallest absolute Gasteiger partial charge is 0.354 e. The van der Waals surface area contributed by atoms with E-state index in [0.717, 1.165) is 38.2 Å². The van der Waals surface area contributed by atoms with Crippen LogP contribution >= 0.6 is 0 Å². The molecule has 11 nitrogen and oxygen atoms in total. The molecule has 0 aliphatic carbocycles. The number of pyridine rings is 2. The molecule has 41 heavy (non-hydrogen) atoms. The van der Waals surface area contributed by atoms with Crippen LogP contribution in [-0.2, 0) is 30.2 Å². The van der Waals surface area contributed by atoms with Crippen LogP contribution in [0.25, 0.3) is 0 Å². The highest BCUT2D eigenvalue weighted by Gasteiger charge is 2.21. The standard InChI is InChI=1S/C30H46N4O7/c1-2-15-37-16-9-29(27-7-3-4-10-31-27)34-13-19-40-23-21-38-17-11-33(12-18-39-22-24-41-20-14-34)25-26-6-5-8-28(32-26)30(35)36/h3-8,10,29H,2,9,11-25H2,1H3,(H,35,36). The number of nitrogens with zero attached hydrogens (tertiary/aromatic N) is 4. The second-order valence-corrected chi connectivity index (χ2v) is 9.75. The van der Waals surface area contributed by atoms with Crippen molar-refractivity contribution in [2.45, 2.75) is 32.4 Å². The Morgan fingerprint density at radius 3 is 2.12 bits per heavy atom. The van der Waals surface area contributed by atoms with Gasteiger partial charge in [-0.1, -0.05) is 19.1 Å². The van der Waals surface area contributed by atoms with Gasteiger partial charge in [0.05, 0.1) is 70.3 Å². The highest BCUT2D eigenvalue weighted by Crippen LogP contribution is 2.22. The first-order chi connectivity index (χ1) is 20.2. The van der Waals surface area contributed by atoms with Crippen LogP contribution in [0.4, 0.5) is 0 Å². The van der Waals surface area contributed by atoms with Gasteiger partial charge in [0.25, 0.3) is 0 Å². The summed E-state index contributed by atoms with van der Waals surface area (Å²) < 4.78 is 29.4. The van der Waals surface area contributed by atoms with Gasteiger partial charge >= 0.3 is 5.97 Å². The van der Waals surface area contributed by atoms with Crippen LogP contribution in [0.3, 0.4) is 0 Å². The predicted molar refractivity (Wildman–Crippen MR) is 154 cm³/mol. The third kappa shape index (κ3) is 13.3. The zero-order valence-corrected chi connectivity index (χ0v) is 24.3. The van der Waals surface area contributed by atoms with E-state index in [4.69, 9.17) is 23.7 Å². The van der Waals surface area contributed by atoms with Crippen LogP contribution in [0.15, 0.2) is 42.6 Å². The zero-order chi connectivity index (χ0) is 29.0. The van der Waals surface area contributed by atoms with Gasteiger partial charge in [-0.05, 0) is 37.1 Å². The van der Waals surface area contributed by atoms with Gasteiger partial charge in [0.15, 0.2) is 0 Å². The molecule has 3 rings (SSSR count). The summed E-state index contributed by atoms with van der Waals surface area (Å²) in [6, 6.07) is 11.2. The Hall–Kier alpha value is -2.51. The fraction of sp³-hybridized carbons (Fsp3) is 0.633. The number of carbonyl (C=O) groups is 1. The maximum absolute atomic E-state index is 11.3. The summed E-state index contributed by atoms with van der Waals surface area (Å²) in [5.74, 6) is -1.03. The molecule has 0 bridgehead atoms. The van der Waals surface area contributed by atoms with Crippen LogP contribution in [0, 0.1) is 0 Å². The van der Waals surface area contributed by atoms with Gasteiger partial charge in [-0.2, -0.15) is 0 Å². The van der Waals surface area contributed by atoms with E-state index in [1.165, 1.54) is 6.07 Å². The minimum Gasteiger partial charge on any atom is -0.477 e. The Bertz CT molecular complexity index is 949. The number of rotatable bonds is 10. The fourth-order valence-electron chi connectivity index (χ4n) is 4.54. The molecule has 1 N–H and O–H groups in total. The second-order valence-electron chi connectivity index (χ2n) is 9.75. The minimum absolute atomic E-state index is 0.0421. The van der Waals surface area contributed by atoms with Gasteiger partial charge in [0, 0.05) is 52.1 Å². The first kappa shape index (κ1) is 33.0. The molecule has 0 radical (unpaired) electrons. The number of aromatic nitrogens is 2. The van der Waals surface area contributed by atoms with E-state index in [2.05, 4.69) is 32.8 Å². The van der Waals surface area contributed by atoms with E-state index in [-0.39, 0.29) is 11.7 Å². The average Bonchev–Trinajstić information content (AvgIpc) is 2.99. The fourth-order valence-corrected chi connectivity index (χ4v) is 4.54. The lowest BCUT2D eigenvalue weighted by Gasteiger charge is -2.31. The van der Waals surface area contributed by atoms with Crippen molar-refractivity contribution >= 4 is 5.97 Å². The van der Waals surface area contributed by atoms with Crippen molar-refractivity contribution in [3.8, 4) is 0 Å². The van der Waals surface area contributed by atoms with E-state index in [1.807, 2.05) is 24.4 Å². The summed E-state index contributed by atoms with van der Waals surface area (Å²) in [5.41, 5.74) is 1.76. The Morgan fingerprint density at radius 2 is 1.54 bits per heavy atom. The van der Waals surface area contributed by atoms with Crippen LogP contribution in [0.1, 0.15) is 47.7 Å². The highest BCUT2D eigenvalue weighted by atomic mass is 16.5. The summed E-state index contributed by atoms with van der Waals surface area (Å²) in [7, 11) is 0. The van der Waals surface area contributed by atoms with Crippen molar-refractivity contribution in [3.05, 3.63) is 59.7 Å². The van der Waals surface area contributed by atoms with Gasteiger partial charge in [-0.15, -0.1) is 0 Å². The normalized spacial score (nSPS) is 18.8. The van der Waals surface area contributed by atoms with Crippen molar-refractivity contribution in [3.63, 3.8) is 0 Å². The zero-order valence-electron chi connectivity index (χ0n) is 24.3. The molecule has 11 heteroatoms. The van der Waals surface area contributed by atoms with Gasteiger partial charge < -0.3 is 28.8 Å². The molecular weight excluding hydrogens is 528 g/mol. The second kappa shape index (κ2) is 20.4. The van der Waals surface area contributed by atoms with Crippen molar-refractivity contribution < 1.29 is 33.6 Å². The monoisotopic (exact) mass is 574 g/mol. The first-order valence-corrected chi connectivity index (χ1v) is 14.6. The predicted octanol–water partition coefficient (Wildman–Crippen LogP) is 2.92. The number of carboxylic acids is 1. The molecule has 1 aliphatic rings. The Balaban J connectivity index is 1.53. The summed E-state index contributed by atoms with van der Waals surface area (Å²) >= 11 is 0. The van der Waals surface area contributed by atoms with Gasteiger partial charge in [0.2, 0.25) is 0 Å². The number of aromatic carboxylic acids is 1. The molecule has 0 saturated carbocycles. The third-order valence-electron chi connectivity index (χ3n) is 6.66. The summed E-state index contributed by atoms with van der Waals surface area (Å²) in [4.78, 5) is 24.7. The molecule has 1 fully saturated rings. The van der Waals surface area contributed by atoms with Crippen LogP contribution in [0.5, 0.6) is 0 Å². The van der Waals surface area contributed by atoms with E-state index in [9.17, 15) is 9.90 Å². The molecule has 1 saturated heterocycles. The van der Waals surface area contributed by atoms with E-state index in [0.29, 0.717) is 84.8 Å². The van der Waals surface area contributed by atoms with Crippen molar-refractivity contribution in [1.29, 1.82) is 0 Å². The highest BCUT2D eigenvalue weighted by molar-refractivity contribution is 5.85. The topological polar surface area (TPSA) is 116 Å². The molecule has 3 heterocycles. The molecule has 2 aromatic heterocycles. The molecule has 1 atom stereocenters. The summed E-state index contributed by atoms with van der Waals surface area (Å²) in [6.45, 7) is 11.1. The van der Waals surface area contributed by atoms with Crippen LogP contribution < -0.4 is 0 Å². The molecule has 228 valence electrons. The first-order valence-electron chi connectivity index (χ1n) is 14.6. The van der Waals surface area contributed by atoms with Gasteiger partial charge in [-0.3, -0.25) is 14.8 Å². The SMILES string of the molecule is CCCOCCC(c1ccccn1)N1CCOCCOCCN(Cc2cccc(C(=O)O)n2)CCOCCOCC1. The summed E-state index contributed by atoms with van der Waals surface area (Å²) in [6.07, 6.45) is 3.68. The number of hydrogen-bond acceptors (Lipinski definition) is 10. The average molecular weight is 575 g/mol. The van der Waals surface area contributed by atoms with Crippen LogP contribution in [0.2, 0.25) is 0 Å². The number of ether oxygens (including phenoxy) is 5. The number of hydrogen-bond donors (Lipinski definition) is 1. The molecule has 0 aromatic carbocycles. The van der Waals surface area contributed by atoms with Crippen molar-refractivity contribution in [2.75, 3.05) is 92.2 Å². The molecule has 2 aromatic rings. The number of carboxylic acid groups (broad SMARTS) is 1. The molecule has 0 spiro atoms. The van der Waals surface area contributed by atoms with Gasteiger partial charge in [-0.25, -0.2) is 9.78 Å². The lowest BCUT2D eigenvalue weighted by atomic mass is 10.1. The third-order valence-corrected chi connectivity index (χ3v) is 6.66. The maximum atomic E-state index is 11.3. The summed E-state index contributed by atoms with van der Waals surface area (Å²) in [5, 5.41) is 9.25.